The van der Waals surface area contributed by atoms with Crippen LogP contribution in [-0.4, -0.2) is 16.9 Å². The van der Waals surface area contributed by atoms with E-state index >= 15 is 0 Å². The molecule has 0 aliphatic heterocycles. The van der Waals surface area contributed by atoms with Crippen molar-refractivity contribution in [1.82, 2.24) is 5.32 Å². The Morgan fingerprint density at radius 1 is 1.25 bits per heavy atom. The zero-order valence-corrected chi connectivity index (χ0v) is 11.9. The molecule has 1 aliphatic rings. The van der Waals surface area contributed by atoms with E-state index in [4.69, 9.17) is 11.6 Å². The molecule has 6 heteroatoms. The van der Waals surface area contributed by atoms with Gasteiger partial charge in [0.05, 0.1) is 4.92 Å². The first-order chi connectivity index (χ1) is 9.58. The van der Waals surface area contributed by atoms with Gasteiger partial charge in [-0.05, 0) is 25.0 Å². The summed E-state index contributed by atoms with van der Waals surface area (Å²) in [6.07, 6.45) is 6.68. The summed E-state index contributed by atoms with van der Waals surface area (Å²) in [6, 6.07) is 4.26. The van der Waals surface area contributed by atoms with Gasteiger partial charge in [-0.25, -0.2) is 0 Å². The first kappa shape index (κ1) is 14.8. The number of nitro benzene ring substituents is 1. The van der Waals surface area contributed by atoms with Gasteiger partial charge in [0.1, 0.15) is 5.02 Å². The molecular weight excluding hydrogens is 280 g/mol. The molecule has 0 radical (unpaired) electrons. The molecule has 0 spiro atoms. The number of halogens is 1. The topological polar surface area (TPSA) is 72.2 Å². The van der Waals surface area contributed by atoms with Crippen LogP contribution >= 0.6 is 11.6 Å². The summed E-state index contributed by atoms with van der Waals surface area (Å²) in [7, 11) is 0. The zero-order valence-electron chi connectivity index (χ0n) is 11.1. The van der Waals surface area contributed by atoms with Gasteiger partial charge in [0.15, 0.2) is 0 Å². The zero-order chi connectivity index (χ0) is 14.5. The van der Waals surface area contributed by atoms with Gasteiger partial charge in [0.2, 0.25) is 0 Å². The predicted molar refractivity (Wildman–Crippen MR) is 77.1 cm³/mol. The molecule has 1 aromatic carbocycles. The normalized spacial score (nSPS) is 16.4. The highest BCUT2D eigenvalue weighted by Crippen LogP contribution is 2.25. The van der Waals surface area contributed by atoms with Crippen LogP contribution < -0.4 is 5.32 Å². The second-order valence-electron chi connectivity index (χ2n) is 5.09. The van der Waals surface area contributed by atoms with Crippen molar-refractivity contribution >= 4 is 23.2 Å². The minimum Gasteiger partial charge on any atom is -0.349 e. The number of nitrogens with one attached hydrogen (secondary N) is 1. The van der Waals surface area contributed by atoms with E-state index in [0.717, 1.165) is 25.7 Å². The Hall–Kier alpha value is -1.62. The van der Waals surface area contributed by atoms with Gasteiger partial charge in [0.25, 0.3) is 11.6 Å². The largest absolute Gasteiger partial charge is 0.349 e. The number of nitrogens with zero attached hydrogens (tertiary/aromatic N) is 1. The Morgan fingerprint density at radius 3 is 2.45 bits per heavy atom. The molecule has 0 aromatic heterocycles. The van der Waals surface area contributed by atoms with Crippen LogP contribution in [0.25, 0.3) is 0 Å². The van der Waals surface area contributed by atoms with Crippen LogP contribution in [0.15, 0.2) is 18.2 Å². The monoisotopic (exact) mass is 296 g/mol. The Bertz CT molecular complexity index is 511. The molecule has 1 saturated carbocycles. The number of hydrogen-bond donors (Lipinski definition) is 1. The van der Waals surface area contributed by atoms with Gasteiger partial charge in [0, 0.05) is 17.7 Å². The highest BCUT2D eigenvalue weighted by atomic mass is 35.5. The number of carbonyl (C=O) groups excluding carboxylic acids is 1. The van der Waals surface area contributed by atoms with Crippen LogP contribution in [0.4, 0.5) is 5.69 Å². The van der Waals surface area contributed by atoms with E-state index in [0.29, 0.717) is 5.56 Å². The highest BCUT2D eigenvalue weighted by molar-refractivity contribution is 6.33. The van der Waals surface area contributed by atoms with Crippen molar-refractivity contribution in [2.45, 2.75) is 44.6 Å². The van der Waals surface area contributed by atoms with Crippen molar-refractivity contribution in [3.8, 4) is 0 Å². The van der Waals surface area contributed by atoms with Crippen molar-refractivity contribution in [3.63, 3.8) is 0 Å². The van der Waals surface area contributed by atoms with Gasteiger partial charge >= 0.3 is 0 Å². The average Bonchev–Trinajstić information content (AvgIpc) is 2.66. The summed E-state index contributed by atoms with van der Waals surface area (Å²) in [5.41, 5.74) is 0.183. The Morgan fingerprint density at radius 2 is 1.90 bits per heavy atom. The van der Waals surface area contributed by atoms with E-state index in [-0.39, 0.29) is 22.7 Å². The molecule has 1 aromatic rings. The van der Waals surface area contributed by atoms with E-state index in [9.17, 15) is 14.9 Å². The Kier molecular flexibility index (Phi) is 4.95. The van der Waals surface area contributed by atoms with E-state index in [1.807, 2.05) is 0 Å². The number of nitro groups is 1. The Labute approximate surface area is 122 Å². The first-order valence-electron chi connectivity index (χ1n) is 6.83. The maximum Gasteiger partial charge on any atom is 0.287 e. The van der Waals surface area contributed by atoms with Gasteiger partial charge in [-0.3, -0.25) is 14.9 Å². The van der Waals surface area contributed by atoms with Crippen molar-refractivity contribution in [2.24, 2.45) is 0 Å². The molecule has 1 aliphatic carbocycles. The molecule has 20 heavy (non-hydrogen) atoms. The van der Waals surface area contributed by atoms with Crippen LogP contribution in [0.1, 0.15) is 48.9 Å². The molecule has 1 fully saturated rings. The third-order valence-corrected chi connectivity index (χ3v) is 3.90. The lowest BCUT2D eigenvalue weighted by Gasteiger charge is -2.16. The standard InChI is InChI=1S/C14H17ClN2O3/c15-12-9-10(7-8-13(12)17(19)20)14(18)16-11-5-3-1-2-4-6-11/h7-9,11H,1-6H2,(H,16,18). The molecule has 1 amide bonds. The van der Waals surface area contributed by atoms with E-state index in [1.165, 1.54) is 31.0 Å². The summed E-state index contributed by atoms with van der Waals surface area (Å²) in [5, 5.41) is 13.7. The summed E-state index contributed by atoms with van der Waals surface area (Å²) < 4.78 is 0. The lowest BCUT2D eigenvalue weighted by atomic mass is 10.1. The quantitative estimate of drug-likeness (QED) is 0.525. The van der Waals surface area contributed by atoms with Gasteiger partial charge < -0.3 is 5.32 Å². The van der Waals surface area contributed by atoms with Crippen LogP contribution in [0.5, 0.6) is 0 Å². The lowest BCUT2D eigenvalue weighted by Crippen LogP contribution is -2.34. The number of amides is 1. The van der Waals surface area contributed by atoms with Crippen molar-refractivity contribution in [3.05, 3.63) is 38.9 Å². The fraction of sp³-hybridized carbons (Fsp3) is 0.500. The molecule has 0 unspecified atom stereocenters. The van der Waals surface area contributed by atoms with E-state index in [2.05, 4.69) is 5.32 Å². The smallest absolute Gasteiger partial charge is 0.287 e. The fourth-order valence-corrected chi connectivity index (χ4v) is 2.74. The van der Waals surface area contributed by atoms with Crippen molar-refractivity contribution in [2.75, 3.05) is 0 Å². The number of benzene rings is 1. The summed E-state index contributed by atoms with van der Waals surface area (Å²) in [5.74, 6) is -0.214. The average molecular weight is 297 g/mol. The van der Waals surface area contributed by atoms with Gasteiger partial charge in [-0.1, -0.05) is 37.3 Å². The maximum absolute atomic E-state index is 12.1. The lowest BCUT2D eigenvalue weighted by molar-refractivity contribution is -0.384. The van der Waals surface area contributed by atoms with Crippen LogP contribution in [0, 0.1) is 10.1 Å². The second kappa shape index (κ2) is 6.70. The maximum atomic E-state index is 12.1. The minimum atomic E-state index is -0.560. The third kappa shape index (κ3) is 3.70. The van der Waals surface area contributed by atoms with Crippen LogP contribution in [0.2, 0.25) is 5.02 Å². The number of rotatable bonds is 3. The van der Waals surface area contributed by atoms with Crippen LogP contribution in [0.3, 0.4) is 0 Å². The predicted octanol–water partition coefficient (Wildman–Crippen LogP) is 3.70. The van der Waals surface area contributed by atoms with Crippen molar-refractivity contribution < 1.29 is 9.72 Å². The summed E-state index contributed by atoms with van der Waals surface area (Å²) in [6.45, 7) is 0. The van der Waals surface area contributed by atoms with Gasteiger partial charge in [-0.2, -0.15) is 0 Å². The highest BCUT2D eigenvalue weighted by Gasteiger charge is 2.18. The molecule has 0 bridgehead atoms. The molecule has 0 atom stereocenters. The fourth-order valence-electron chi connectivity index (χ4n) is 2.49. The molecule has 5 nitrogen and oxygen atoms in total. The molecule has 1 N–H and O–H groups in total. The van der Waals surface area contributed by atoms with Crippen LogP contribution in [-0.2, 0) is 0 Å². The molecule has 0 heterocycles. The molecule has 2 rings (SSSR count). The second-order valence-corrected chi connectivity index (χ2v) is 5.49. The molecule has 108 valence electrons. The first-order valence-corrected chi connectivity index (χ1v) is 7.20. The molecule has 0 saturated heterocycles. The summed E-state index contributed by atoms with van der Waals surface area (Å²) in [4.78, 5) is 22.2. The minimum absolute atomic E-state index is 0.0106. The number of carbonyl (C=O) groups is 1. The van der Waals surface area contributed by atoms with E-state index in [1.54, 1.807) is 0 Å². The van der Waals surface area contributed by atoms with Gasteiger partial charge in [-0.15, -0.1) is 0 Å². The third-order valence-electron chi connectivity index (χ3n) is 3.60. The Balaban J connectivity index is 2.05. The molecular formula is C14H17ClN2O3. The SMILES string of the molecule is O=C(NC1CCCCCC1)c1ccc([N+](=O)[O-])c(Cl)c1. The van der Waals surface area contributed by atoms with Crippen molar-refractivity contribution in [1.29, 1.82) is 0 Å². The van der Waals surface area contributed by atoms with E-state index < -0.39 is 4.92 Å². The number of hydrogen-bond acceptors (Lipinski definition) is 3. The summed E-state index contributed by atoms with van der Waals surface area (Å²) >= 11 is 5.82.